The molecule has 3 rings (SSSR count). The van der Waals surface area contributed by atoms with E-state index in [2.05, 4.69) is 20.4 Å². The molecular weight excluding hydrogens is 307 g/mol. The van der Waals surface area contributed by atoms with Crippen molar-refractivity contribution in [1.82, 2.24) is 19.7 Å². The molecule has 3 heterocycles. The summed E-state index contributed by atoms with van der Waals surface area (Å²) in [4.78, 5) is 8.30. The monoisotopic (exact) mass is 322 g/mol. The average Bonchev–Trinajstić information content (AvgIpc) is 2.89. The molecule has 120 valence electrons. The Morgan fingerprint density at radius 2 is 1.96 bits per heavy atom. The molecule has 0 saturated carbocycles. The van der Waals surface area contributed by atoms with Crippen LogP contribution in [0.5, 0.6) is 0 Å². The van der Waals surface area contributed by atoms with Gasteiger partial charge in [-0.05, 0) is 39.0 Å². The Bertz CT molecular complexity index is 954. The molecule has 0 saturated heterocycles. The highest BCUT2D eigenvalue weighted by Crippen LogP contribution is 2.22. The molecule has 7 heteroatoms. The van der Waals surface area contributed by atoms with Crippen LogP contribution in [0.25, 0.3) is 5.69 Å². The Hall–Kier alpha value is -3.27. The second kappa shape index (κ2) is 6.08. The maximum Gasteiger partial charge on any atom is 0.148 e. The third-order valence-electron chi connectivity index (χ3n) is 3.51. The lowest BCUT2D eigenvalue weighted by atomic mass is 10.2. The van der Waals surface area contributed by atoms with Crippen LogP contribution in [-0.4, -0.2) is 19.7 Å². The second-order valence-electron chi connectivity index (χ2n) is 5.46. The highest BCUT2D eigenvalue weighted by atomic mass is 19.1. The van der Waals surface area contributed by atoms with Crippen molar-refractivity contribution in [3.05, 3.63) is 59.1 Å². The lowest BCUT2D eigenvalue weighted by molar-refractivity contribution is 0.610. The van der Waals surface area contributed by atoms with Crippen LogP contribution in [0.1, 0.15) is 22.6 Å². The largest absolute Gasteiger partial charge is 0.338 e. The molecule has 0 fully saturated rings. The van der Waals surface area contributed by atoms with Gasteiger partial charge in [0.15, 0.2) is 0 Å². The van der Waals surface area contributed by atoms with Crippen molar-refractivity contribution in [2.24, 2.45) is 0 Å². The molecule has 0 amide bonds. The summed E-state index contributed by atoms with van der Waals surface area (Å²) in [6, 6.07) is 6.92. The van der Waals surface area contributed by atoms with Gasteiger partial charge in [0.1, 0.15) is 17.7 Å². The average molecular weight is 322 g/mol. The fraction of sp³-hybridized carbons (Fsp3) is 0.176. The minimum Gasteiger partial charge on any atom is -0.338 e. The van der Waals surface area contributed by atoms with E-state index < -0.39 is 5.82 Å². The number of rotatable bonds is 3. The van der Waals surface area contributed by atoms with Crippen LogP contribution in [0.3, 0.4) is 0 Å². The van der Waals surface area contributed by atoms with Gasteiger partial charge in [-0.25, -0.2) is 14.1 Å². The van der Waals surface area contributed by atoms with Gasteiger partial charge in [0.25, 0.3) is 0 Å². The third kappa shape index (κ3) is 2.94. The molecule has 3 aromatic rings. The number of aryl methyl sites for hydroxylation is 3. The molecule has 0 aliphatic rings. The zero-order chi connectivity index (χ0) is 17.3. The minimum absolute atomic E-state index is 0.134. The zero-order valence-electron chi connectivity index (χ0n) is 13.5. The molecule has 3 aromatic heterocycles. The molecule has 0 aliphatic carbocycles. The van der Waals surface area contributed by atoms with Crippen LogP contribution in [-0.2, 0) is 0 Å². The zero-order valence-corrected chi connectivity index (χ0v) is 13.5. The van der Waals surface area contributed by atoms with E-state index in [0.717, 1.165) is 17.1 Å². The van der Waals surface area contributed by atoms with E-state index in [1.807, 2.05) is 32.0 Å². The normalized spacial score (nSPS) is 10.5. The molecule has 0 aliphatic heterocycles. The Balaban J connectivity index is 1.98. The molecule has 0 radical (unpaired) electrons. The number of hydrogen-bond donors (Lipinski definition) is 1. The van der Waals surface area contributed by atoms with Crippen molar-refractivity contribution >= 4 is 11.5 Å². The van der Waals surface area contributed by atoms with Gasteiger partial charge in [-0.3, -0.25) is 4.98 Å². The number of hydrogen-bond acceptors (Lipinski definition) is 5. The number of pyridine rings is 2. The second-order valence-corrected chi connectivity index (χ2v) is 5.46. The van der Waals surface area contributed by atoms with Crippen molar-refractivity contribution in [2.75, 3.05) is 5.32 Å². The van der Waals surface area contributed by atoms with E-state index >= 15 is 0 Å². The van der Waals surface area contributed by atoms with Crippen LogP contribution in [0, 0.1) is 37.9 Å². The number of anilines is 2. The number of aromatic nitrogens is 4. The molecule has 0 aromatic carbocycles. The smallest absolute Gasteiger partial charge is 0.148 e. The standard InChI is InChI=1S/C17H15FN6/c1-10-4-11(2)24(23-10)15-6-14(8-20-9-15)22-17-13(7-19)5-16(18)12(3)21-17/h4-6,8-9H,1-3H3,(H,21,22). The molecule has 0 atom stereocenters. The summed E-state index contributed by atoms with van der Waals surface area (Å²) in [6.07, 6.45) is 3.30. The topological polar surface area (TPSA) is 79.4 Å². The summed E-state index contributed by atoms with van der Waals surface area (Å²) < 4.78 is 15.3. The van der Waals surface area contributed by atoms with Crippen LogP contribution in [0.4, 0.5) is 15.9 Å². The van der Waals surface area contributed by atoms with Gasteiger partial charge < -0.3 is 5.32 Å². The van der Waals surface area contributed by atoms with E-state index in [0.29, 0.717) is 11.5 Å². The summed E-state index contributed by atoms with van der Waals surface area (Å²) in [5, 5.41) is 16.6. The van der Waals surface area contributed by atoms with Crippen molar-refractivity contribution in [3.63, 3.8) is 0 Å². The summed E-state index contributed by atoms with van der Waals surface area (Å²) in [5.41, 5.74) is 3.67. The predicted molar refractivity (Wildman–Crippen MR) is 87.8 cm³/mol. The Labute approximate surface area is 138 Å². The van der Waals surface area contributed by atoms with Gasteiger partial charge in [0.2, 0.25) is 0 Å². The Morgan fingerprint density at radius 3 is 2.62 bits per heavy atom. The fourth-order valence-corrected chi connectivity index (χ4v) is 2.40. The number of nitrogens with one attached hydrogen (secondary N) is 1. The van der Waals surface area contributed by atoms with Crippen LogP contribution in [0.15, 0.2) is 30.6 Å². The molecule has 1 N–H and O–H groups in total. The first-order valence-corrected chi connectivity index (χ1v) is 7.31. The Kier molecular flexibility index (Phi) is 3.96. The fourth-order valence-electron chi connectivity index (χ4n) is 2.40. The summed E-state index contributed by atoms with van der Waals surface area (Å²) in [6.45, 7) is 5.43. The first-order valence-electron chi connectivity index (χ1n) is 7.31. The molecule has 0 spiro atoms. The maximum absolute atomic E-state index is 13.6. The van der Waals surface area contributed by atoms with Crippen molar-refractivity contribution < 1.29 is 4.39 Å². The summed E-state index contributed by atoms with van der Waals surface area (Å²) >= 11 is 0. The van der Waals surface area contributed by atoms with Crippen molar-refractivity contribution in [2.45, 2.75) is 20.8 Å². The molecular formula is C17H15FN6. The molecule has 0 bridgehead atoms. The maximum atomic E-state index is 13.6. The van der Waals surface area contributed by atoms with Gasteiger partial charge >= 0.3 is 0 Å². The van der Waals surface area contributed by atoms with Crippen LogP contribution < -0.4 is 5.32 Å². The van der Waals surface area contributed by atoms with Gasteiger partial charge in [-0.1, -0.05) is 0 Å². The Morgan fingerprint density at radius 1 is 1.17 bits per heavy atom. The van der Waals surface area contributed by atoms with E-state index in [1.54, 1.807) is 24.0 Å². The first-order chi connectivity index (χ1) is 11.5. The lowest BCUT2D eigenvalue weighted by Gasteiger charge is -2.10. The number of halogens is 1. The van der Waals surface area contributed by atoms with Gasteiger partial charge in [-0.15, -0.1) is 0 Å². The van der Waals surface area contributed by atoms with Crippen molar-refractivity contribution in [1.29, 1.82) is 5.26 Å². The highest BCUT2D eigenvalue weighted by molar-refractivity contribution is 5.63. The van der Waals surface area contributed by atoms with E-state index in [4.69, 9.17) is 5.26 Å². The van der Waals surface area contributed by atoms with Crippen LogP contribution in [0.2, 0.25) is 0 Å². The van der Waals surface area contributed by atoms with Gasteiger partial charge in [0.05, 0.1) is 40.7 Å². The quantitative estimate of drug-likeness (QED) is 0.800. The van der Waals surface area contributed by atoms with E-state index in [1.165, 1.54) is 6.07 Å². The van der Waals surface area contributed by atoms with Gasteiger partial charge in [-0.2, -0.15) is 10.4 Å². The van der Waals surface area contributed by atoms with E-state index in [-0.39, 0.29) is 11.3 Å². The number of nitriles is 1. The van der Waals surface area contributed by atoms with Gasteiger partial charge in [0, 0.05) is 5.69 Å². The highest BCUT2D eigenvalue weighted by Gasteiger charge is 2.11. The first kappa shape index (κ1) is 15.6. The molecule has 0 unspecified atom stereocenters. The van der Waals surface area contributed by atoms with Crippen LogP contribution >= 0.6 is 0 Å². The third-order valence-corrected chi connectivity index (χ3v) is 3.51. The lowest BCUT2D eigenvalue weighted by Crippen LogP contribution is -2.03. The predicted octanol–water partition coefficient (Wildman–Crippen LogP) is 3.34. The molecule has 24 heavy (non-hydrogen) atoms. The summed E-state index contributed by atoms with van der Waals surface area (Å²) in [7, 11) is 0. The van der Waals surface area contributed by atoms with Crippen molar-refractivity contribution in [3.8, 4) is 11.8 Å². The molecule has 6 nitrogen and oxygen atoms in total. The number of nitrogens with zero attached hydrogens (tertiary/aromatic N) is 5. The minimum atomic E-state index is -0.508. The summed E-state index contributed by atoms with van der Waals surface area (Å²) in [5.74, 6) is -0.213. The SMILES string of the molecule is Cc1cc(C)n(-c2cncc(Nc3nc(C)c(F)cc3C#N)c2)n1. The van der Waals surface area contributed by atoms with E-state index in [9.17, 15) is 4.39 Å².